The van der Waals surface area contributed by atoms with Gasteiger partial charge in [0.1, 0.15) is 0 Å². The van der Waals surface area contributed by atoms with Crippen molar-refractivity contribution in [3.05, 3.63) is 28.8 Å². The zero-order valence-corrected chi connectivity index (χ0v) is 12.9. The summed E-state index contributed by atoms with van der Waals surface area (Å²) in [6.45, 7) is 2.44. The Morgan fingerprint density at radius 1 is 1.11 bits per heavy atom. The molecule has 1 aromatic carbocycles. The highest BCUT2D eigenvalue weighted by molar-refractivity contribution is 9.08. The second-order valence-electron chi connectivity index (χ2n) is 5.70. The van der Waals surface area contributed by atoms with Gasteiger partial charge in [0.2, 0.25) is 0 Å². The maximum absolute atomic E-state index is 6.18. The number of hydrogen-bond acceptors (Lipinski definition) is 1. The molecule has 2 saturated carbocycles. The molecule has 0 amide bonds. The van der Waals surface area contributed by atoms with Gasteiger partial charge >= 0.3 is 0 Å². The minimum atomic E-state index is 0.853. The van der Waals surface area contributed by atoms with Crippen molar-refractivity contribution in [2.75, 3.05) is 18.0 Å². The van der Waals surface area contributed by atoms with Gasteiger partial charge < -0.3 is 4.90 Å². The Balaban J connectivity index is 1.83. The second-order valence-corrected chi connectivity index (χ2v) is 6.70. The van der Waals surface area contributed by atoms with Crippen molar-refractivity contribution in [2.45, 2.75) is 31.0 Å². The Bertz CT molecular complexity index is 413. The van der Waals surface area contributed by atoms with Crippen molar-refractivity contribution in [1.29, 1.82) is 0 Å². The molecule has 3 rings (SSSR count). The fourth-order valence-corrected chi connectivity index (χ4v) is 3.08. The lowest BCUT2D eigenvalue weighted by Gasteiger charge is -2.27. The highest BCUT2D eigenvalue weighted by Crippen LogP contribution is 2.37. The van der Waals surface area contributed by atoms with Crippen LogP contribution in [0.1, 0.15) is 31.2 Å². The summed E-state index contributed by atoms with van der Waals surface area (Å²) in [6, 6.07) is 6.29. The molecule has 2 aliphatic rings. The van der Waals surface area contributed by atoms with Crippen LogP contribution in [-0.4, -0.2) is 13.1 Å². The Hall–Kier alpha value is -0.210. The van der Waals surface area contributed by atoms with Crippen molar-refractivity contribution < 1.29 is 0 Å². The van der Waals surface area contributed by atoms with Crippen LogP contribution in [0.3, 0.4) is 0 Å². The molecule has 0 saturated heterocycles. The number of rotatable bonds is 6. The van der Waals surface area contributed by atoms with Gasteiger partial charge in [0.15, 0.2) is 0 Å². The molecular weight excluding hydrogens is 310 g/mol. The fourth-order valence-electron chi connectivity index (χ4n) is 2.44. The molecule has 0 atom stereocenters. The Kier molecular flexibility index (Phi) is 3.86. The smallest absolute Gasteiger partial charge is 0.0426 e. The molecule has 0 unspecified atom stereocenters. The molecular formula is C15H19BrClN. The number of alkyl halides is 1. The first-order chi connectivity index (χ1) is 8.76. The van der Waals surface area contributed by atoms with Crippen LogP contribution in [-0.2, 0) is 5.33 Å². The SMILES string of the molecule is Clc1ccc(CBr)c(N(CC2CC2)CC2CC2)c1. The van der Waals surface area contributed by atoms with Gasteiger partial charge in [0.25, 0.3) is 0 Å². The average Bonchev–Trinajstić information content (AvgIpc) is 3.23. The summed E-state index contributed by atoms with van der Waals surface area (Å²) in [7, 11) is 0. The van der Waals surface area contributed by atoms with E-state index in [-0.39, 0.29) is 0 Å². The van der Waals surface area contributed by atoms with E-state index < -0.39 is 0 Å². The molecule has 0 N–H and O–H groups in total. The summed E-state index contributed by atoms with van der Waals surface area (Å²) in [5.41, 5.74) is 2.71. The van der Waals surface area contributed by atoms with Gasteiger partial charge in [-0.2, -0.15) is 0 Å². The lowest BCUT2D eigenvalue weighted by atomic mass is 10.1. The summed E-state index contributed by atoms with van der Waals surface area (Å²) >= 11 is 9.78. The Morgan fingerprint density at radius 2 is 1.72 bits per heavy atom. The minimum absolute atomic E-state index is 0.853. The first kappa shape index (κ1) is 12.8. The Labute approximate surface area is 123 Å². The van der Waals surface area contributed by atoms with Gasteiger partial charge in [0.05, 0.1) is 0 Å². The normalized spacial score (nSPS) is 19.0. The van der Waals surface area contributed by atoms with E-state index in [1.54, 1.807) is 0 Å². The fraction of sp³-hybridized carbons (Fsp3) is 0.600. The van der Waals surface area contributed by atoms with E-state index in [1.165, 1.54) is 50.0 Å². The molecule has 3 heteroatoms. The Morgan fingerprint density at radius 3 is 2.22 bits per heavy atom. The van der Waals surface area contributed by atoms with E-state index >= 15 is 0 Å². The molecule has 2 aliphatic carbocycles. The van der Waals surface area contributed by atoms with Crippen LogP contribution in [0.5, 0.6) is 0 Å². The van der Waals surface area contributed by atoms with Gasteiger partial charge in [-0.1, -0.05) is 33.6 Å². The molecule has 1 aromatic rings. The summed E-state index contributed by atoms with van der Waals surface area (Å²) < 4.78 is 0. The van der Waals surface area contributed by atoms with E-state index in [4.69, 9.17) is 11.6 Å². The van der Waals surface area contributed by atoms with Crippen molar-refractivity contribution in [2.24, 2.45) is 11.8 Å². The quantitative estimate of drug-likeness (QED) is 0.674. The number of halogens is 2. The van der Waals surface area contributed by atoms with E-state index in [2.05, 4.69) is 33.0 Å². The molecule has 0 heterocycles. The predicted molar refractivity (Wildman–Crippen MR) is 81.7 cm³/mol. The molecule has 0 spiro atoms. The van der Waals surface area contributed by atoms with Crippen LogP contribution in [0.25, 0.3) is 0 Å². The molecule has 0 bridgehead atoms. The van der Waals surface area contributed by atoms with Crippen LogP contribution < -0.4 is 4.90 Å². The van der Waals surface area contributed by atoms with E-state index in [1.807, 2.05) is 6.07 Å². The molecule has 0 aromatic heterocycles. The van der Waals surface area contributed by atoms with E-state index in [0.717, 1.165) is 22.2 Å². The van der Waals surface area contributed by atoms with Gasteiger partial charge in [-0.05, 0) is 55.2 Å². The van der Waals surface area contributed by atoms with Gasteiger partial charge in [-0.3, -0.25) is 0 Å². The maximum Gasteiger partial charge on any atom is 0.0426 e. The summed E-state index contributed by atoms with van der Waals surface area (Å²) in [6.07, 6.45) is 5.63. The third-order valence-corrected chi connectivity index (χ3v) is 4.72. The van der Waals surface area contributed by atoms with Gasteiger partial charge in [0, 0.05) is 29.1 Å². The molecule has 1 nitrogen and oxygen atoms in total. The summed E-state index contributed by atoms with van der Waals surface area (Å²) in [4.78, 5) is 2.58. The van der Waals surface area contributed by atoms with Crippen molar-refractivity contribution in [3.8, 4) is 0 Å². The van der Waals surface area contributed by atoms with Crippen LogP contribution in [0.4, 0.5) is 5.69 Å². The van der Waals surface area contributed by atoms with Crippen molar-refractivity contribution in [1.82, 2.24) is 0 Å². The van der Waals surface area contributed by atoms with Crippen molar-refractivity contribution >= 4 is 33.2 Å². The highest BCUT2D eigenvalue weighted by Gasteiger charge is 2.30. The molecule has 0 radical (unpaired) electrons. The van der Waals surface area contributed by atoms with Crippen LogP contribution >= 0.6 is 27.5 Å². The average molecular weight is 329 g/mol. The van der Waals surface area contributed by atoms with E-state index in [9.17, 15) is 0 Å². The van der Waals surface area contributed by atoms with Gasteiger partial charge in [-0.25, -0.2) is 0 Å². The monoisotopic (exact) mass is 327 g/mol. The second kappa shape index (κ2) is 5.42. The van der Waals surface area contributed by atoms with Crippen LogP contribution in [0.2, 0.25) is 5.02 Å². The predicted octanol–water partition coefficient (Wildman–Crippen LogP) is 4.86. The topological polar surface area (TPSA) is 3.24 Å². The third kappa shape index (κ3) is 3.21. The highest BCUT2D eigenvalue weighted by atomic mass is 79.9. The number of hydrogen-bond donors (Lipinski definition) is 0. The minimum Gasteiger partial charge on any atom is -0.371 e. The van der Waals surface area contributed by atoms with Crippen LogP contribution in [0.15, 0.2) is 18.2 Å². The van der Waals surface area contributed by atoms with E-state index in [0.29, 0.717) is 0 Å². The molecule has 98 valence electrons. The first-order valence-corrected chi connectivity index (χ1v) is 8.35. The molecule has 2 fully saturated rings. The lowest BCUT2D eigenvalue weighted by molar-refractivity contribution is 0.678. The number of benzene rings is 1. The number of anilines is 1. The molecule has 0 aliphatic heterocycles. The van der Waals surface area contributed by atoms with Crippen molar-refractivity contribution in [3.63, 3.8) is 0 Å². The zero-order chi connectivity index (χ0) is 12.5. The first-order valence-electron chi connectivity index (χ1n) is 6.85. The number of nitrogens with zero attached hydrogens (tertiary/aromatic N) is 1. The largest absolute Gasteiger partial charge is 0.371 e. The standard InChI is InChI=1S/C15H19BrClN/c16-8-13-5-6-14(17)7-15(13)18(9-11-1-2-11)10-12-3-4-12/h5-7,11-12H,1-4,8-10H2. The maximum atomic E-state index is 6.18. The lowest BCUT2D eigenvalue weighted by Crippen LogP contribution is -2.28. The molecule has 18 heavy (non-hydrogen) atoms. The van der Waals surface area contributed by atoms with Crippen LogP contribution in [0, 0.1) is 11.8 Å². The summed E-state index contributed by atoms with van der Waals surface area (Å²) in [5.74, 6) is 1.84. The third-order valence-electron chi connectivity index (χ3n) is 3.88. The summed E-state index contributed by atoms with van der Waals surface area (Å²) in [5, 5.41) is 1.76. The zero-order valence-electron chi connectivity index (χ0n) is 10.5. The van der Waals surface area contributed by atoms with Gasteiger partial charge in [-0.15, -0.1) is 0 Å².